The zero-order valence-corrected chi connectivity index (χ0v) is 12.5. The van der Waals surface area contributed by atoms with Gasteiger partial charge in [0, 0.05) is 23.4 Å². The predicted molar refractivity (Wildman–Crippen MR) is 82.8 cm³/mol. The molecule has 1 amide bonds. The maximum Gasteiger partial charge on any atom is 0.255 e. The van der Waals surface area contributed by atoms with Crippen molar-refractivity contribution in [2.24, 2.45) is 0 Å². The Morgan fingerprint density at radius 1 is 1.04 bits per heavy atom. The summed E-state index contributed by atoms with van der Waals surface area (Å²) in [6.07, 6.45) is 3.78. The van der Waals surface area contributed by atoms with Crippen LogP contribution in [-0.2, 0) is 0 Å². The SMILES string of the molecule is O=C(Nc1cc(F)c(F)c(Oc2cncnc2)c1)c1cccc(F)c1. The maximum atomic E-state index is 13.9. The molecule has 2 aromatic carbocycles. The fraction of sp³-hybridized carbons (Fsp3) is 0. The predicted octanol–water partition coefficient (Wildman–Crippen LogP) is 3.94. The third kappa shape index (κ3) is 3.92. The first kappa shape index (κ1) is 16.4. The van der Waals surface area contributed by atoms with Gasteiger partial charge in [-0.1, -0.05) is 6.07 Å². The molecule has 3 rings (SSSR count). The van der Waals surface area contributed by atoms with Crippen LogP contribution in [0.1, 0.15) is 10.4 Å². The van der Waals surface area contributed by atoms with Crippen LogP contribution in [0.5, 0.6) is 11.5 Å². The smallest absolute Gasteiger partial charge is 0.255 e. The van der Waals surface area contributed by atoms with E-state index in [2.05, 4.69) is 15.3 Å². The number of anilines is 1. The summed E-state index contributed by atoms with van der Waals surface area (Å²) >= 11 is 0. The molecule has 1 N–H and O–H groups in total. The van der Waals surface area contributed by atoms with Crippen LogP contribution in [0.25, 0.3) is 0 Å². The number of nitrogens with one attached hydrogen (secondary N) is 1. The zero-order valence-electron chi connectivity index (χ0n) is 12.5. The summed E-state index contributed by atoms with van der Waals surface area (Å²) in [6, 6.07) is 6.84. The molecule has 0 saturated carbocycles. The summed E-state index contributed by atoms with van der Waals surface area (Å²) in [5, 5.41) is 2.36. The quantitative estimate of drug-likeness (QED) is 0.778. The largest absolute Gasteiger partial charge is 0.451 e. The molecule has 25 heavy (non-hydrogen) atoms. The first-order chi connectivity index (χ1) is 12.0. The second-order valence-electron chi connectivity index (χ2n) is 4.91. The van der Waals surface area contributed by atoms with Gasteiger partial charge < -0.3 is 10.1 Å². The first-order valence-corrected chi connectivity index (χ1v) is 7.02. The topological polar surface area (TPSA) is 64.1 Å². The van der Waals surface area contributed by atoms with Gasteiger partial charge in [-0.15, -0.1) is 0 Å². The highest BCUT2D eigenvalue weighted by molar-refractivity contribution is 6.04. The average molecular weight is 345 g/mol. The highest BCUT2D eigenvalue weighted by atomic mass is 19.2. The van der Waals surface area contributed by atoms with E-state index in [-0.39, 0.29) is 17.0 Å². The fourth-order valence-corrected chi connectivity index (χ4v) is 2.01. The van der Waals surface area contributed by atoms with Crippen molar-refractivity contribution in [2.75, 3.05) is 5.32 Å². The van der Waals surface area contributed by atoms with Crippen molar-refractivity contribution in [3.63, 3.8) is 0 Å². The van der Waals surface area contributed by atoms with E-state index in [9.17, 15) is 18.0 Å². The molecule has 0 atom stereocenters. The number of halogens is 3. The Kier molecular flexibility index (Phi) is 4.60. The second kappa shape index (κ2) is 7.00. The number of aromatic nitrogens is 2. The Balaban J connectivity index is 1.86. The average Bonchev–Trinajstić information content (AvgIpc) is 2.60. The molecule has 0 bridgehead atoms. The van der Waals surface area contributed by atoms with Crippen molar-refractivity contribution >= 4 is 11.6 Å². The van der Waals surface area contributed by atoms with Crippen LogP contribution in [0.4, 0.5) is 18.9 Å². The van der Waals surface area contributed by atoms with Gasteiger partial charge in [-0.25, -0.2) is 18.7 Å². The number of amides is 1. The number of benzene rings is 2. The Morgan fingerprint density at radius 2 is 1.80 bits per heavy atom. The molecule has 126 valence electrons. The summed E-state index contributed by atoms with van der Waals surface area (Å²) < 4.78 is 46.0. The lowest BCUT2D eigenvalue weighted by Gasteiger charge is -2.10. The van der Waals surface area contributed by atoms with E-state index < -0.39 is 29.1 Å². The monoisotopic (exact) mass is 345 g/mol. The lowest BCUT2D eigenvalue weighted by Crippen LogP contribution is -2.12. The van der Waals surface area contributed by atoms with Crippen molar-refractivity contribution in [1.82, 2.24) is 9.97 Å². The van der Waals surface area contributed by atoms with E-state index in [0.29, 0.717) is 0 Å². The minimum Gasteiger partial charge on any atom is -0.451 e. The van der Waals surface area contributed by atoms with Gasteiger partial charge in [-0.3, -0.25) is 4.79 Å². The minimum atomic E-state index is -1.23. The molecule has 5 nitrogen and oxygen atoms in total. The normalized spacial score (nSPS) is 10.4. The van der Waals surface area contributed by atoms with E-state index in [1.165, 1.54) is 36.9 Å². The van der Waals surface area contributed by atoms with E-state index in [1.54, 1.807) is 0 Å². The molecule has 0 unspecified atom stereocenters. The maximum absolute atomic E-state index is 13.9. The molecule has 0 aliphatic rings. The van der Waals surface area contributed by atoms with Gasteiger partial charge in [0.25, 0.3) is 5.91 Å². The number of carbonyl (C=O) groups is 1. The van der Waals surface area contributed by atoms with E-state index in [0.717, 1.165) is 18.2 Å². The van der Waals surface area contributed by atoms with Crippen molar-refractivity contribution in [1.29, 1.82) is 0 Å². The van der Waals surface area contributed by atoms with Crippen molar-refractivity contribution in [3.05, 3.63) is 78.1 Å². The number of ether oxygens (including phenoxy) is 1. The number of carbonyl (C=O) groups excluding carboxylic acids is 1. The fourth-order valence-electron chi connectivity index (χ4n) is 2.01. The van der Waals surface area contributed by atoms with Gasteiger partial charge in [0.05, 0.1) is 12.4 Å². The Bertz CT molecular complexity index is 920. The van der Waals surface area contributed by atoms with Gasteiger partial charge in [0.1, 0.15) is 12.1 Å². The summed E-state index contributed by atoms with van der Waals surface area (Å²) in [5.74, 6) is -4.08. The highest BCUT2D eigenvalue weighted by Crippen LogP contribution is 2.29. The summed E-state index contributed by atoms with van der Waals surface area (Å²) in [5.41, 5.74) is -0.0244. The highest BCUT2D eigenvalue weighted by Gasteiger charge is 2.15. The van der Waals surface area contributed by atoms with Crippen LogP contribution < -0.4 is 10.1 Å². The molecular formula is C17H10F3N3O2. The van der Waals surface area contributed by atoms with Gasteiger partial charge >= 0.3 is 0 Å². The molecule has 8 heteroatoms. The molecule has 0 saturated heterocycles. The van der Waals surface area contributed by atoms with Crippen molar-refractivity contribution in [3.8, 4) is 11.5 Å². The molecule has 3 aromatic rings. The number of hydrogen-bond donors (Lipinski definition) is 1. The summed E-state index contributed by atoms with van der Waals surface area (Å²) in [4.78, 5) is 19.5. The van der Waals surface area contributed by atoms with Crippen molar-refractivity contribution in [2.45, 2.75) is 0 Å². The van der Waals surface area contributed by atoms with E-state index in [1.807, 2.05) is 0 Å². The van der Waals surface area contributed by atoms with Crippen LogP contribution >= 0.6 is 0 Å². The molecule has 1 aromatic heterocycles. The standard InChI is InChI=1S/C17H10F3N3O2/c18-11-3-1-2-10(4-11)17(24)23-12-5-14(19)16(20)15(6-12)25-13-7-21-9-22-8-13/h1-9H,(H,23,24). The van der Waals surface area contributed by atoms with Crippen LogP contribution in [0.2, 0.25) is 0 Å². The number of hydrogen-bond acceptors (Lipinski definition) is 4. The van der Waals surface area contributed by atoms with E-state index >= 15 is 0 Å². The molecule has 1 heterocycles. The van der Waals surface area contributed by atoms with Crippen LogP contribution in [0, 0.1) is 17.5 Å². The van der Waals surface area contributed by atoms with Gasteiger partial charge in [0.2, 0.25) is 5.82 Å². The first-order valence-electron chi connectivity index (χ1n) is 7.02. The van der Waals surface area contributed by atoms with Crippen LogP contribution in [0.15, 0.2) is 55.1 Å². The van der Waals surface area contributed by atoms with Crippen LogP contribution in [0.3, 0.4) is 0 Å². The van der Waals surface area contributed by atoms with Gasteiger partial charge in [-0.2, -0.15) is 4.39 Å². The lowest BCUT2D eigenvalue weighted by molar-refractivity contribution is 0.102. The zero-order chi connectivity index (χ0) is 17.8. The number of nitrogens with zero attached hydrogens (tertiary/aromatic N) is 2. The van der Waals surface area contributed by atoms with E-state index in [4.69, 9.17) is 4.74 Å². The summed E-state index contributed by atoms with van der Waals surface area (Å²) in [6.45, 7) is 0. The summed E-state index contributed by atoms with van der Waals surface area (Å²) in [7, 11) is 0. The molecule has 0 aliphatic heterocycles. The third-order valence-corrected chi connectivity index (χ3v) is 3.10. The van der Waals surface area contributed by atoms with Gasteiger partial charge in [-0.05, 0) is 18.2 Å². The molecule has 0 fully saturated rings. The molecular weight excluding hydrogens is 335 g/mol. The Labute approximate surface area is 140 Å². The molecule has 0 spiro atoms. The minimum absolute atomic E-state index is 0.0312. The Hall–Kier alpha value is -3.42. The Morgan fingerprint density at radius 3 is 2.52 bits per heavy atom. The molecule has 0 aliphatic carbocycles. The third-order valence-electron chi connectivity index (χ3n) is 3.10. The van der Waals surface area contributed by atoms with Crippen molar-refractivity contribution < 1.29 is 22.7 Å². The lowest BCUT2D eigenvalue weighted by atomic mass is 10.2. The van der Waals surface area contributed by atoms with Crippen LogP contribution in [-0.4, -0.2) is 15.9 Å². The van der Waals surface area contributed by atoms with Gasteiger partial charge in [0.15, 0.2) is 17.3 Å². The second-order valence-corrected chi connectivity index (χ2v) is 4.91. The number of rotatable bonds is 4. The molecule has 0 radical (unpaired) electrons.